The van der Waals surface area contributed by atoms with Crippen LogP contribution in [0.2, 0.25) is 0 Å². The highest BCUT2D eigenvalue weighted by atomic mass is 16.3. The SMILES string of the molecule is O=C([CH]c1ccccc1)N1CC[C@H](O)C1. The average Bonchev–Trinajstić information content (AvgIpc) is 2.66. The zero-order chi connectivity index (χ0) is 10.7. The number of amides is 1. The number of hydrogen-bond donors (Lipinski definition) is 1. The molecule has 0 saturated carbocycles. The zero-order valence-electron chi connectivity index (χ0n) is 8.47. The first-order chi connectivity index (χ1) is 7.25. The van der Waals surface area contributed by atoms with Gasteiger partial charge in [-0.1, -0.05) is 30.3 Å². The Morgan fingerprint density at radius 1 is 1.40 bits per heavy atom. The summed E-state index contributed by atoms with van der Waals surface area (Å²) < 4.78 is 0. The van der Waals surface area contributed by atoms with Crippen molar-refractivity contribution in [1.29, 1.82) is 0 Å². The van der Waals surface area contributed by atoms with Gasteiger partial charge in [0.05, 0.1) is 12.5 Å². The monoisotopic (exact) mass is 204 g/mol. The van der Waals surface area contributed by atoms with Gasteiger partial charge in [-0.05, 0) is 12.0 Å². The van der Waals surface area contributed by atoms with Gasteiger partial charge in [0.1, 0.15) is 0 Å². The summed E-state index contributed by atoms with van der Waals surface area (Å²) in [7, 11) is 0. The first-order valence-electron chi connectivity index (χ1n) is 5.12. The molecule has 15 heavy (non-hydrogen) atoms. The van der Waals surface area contributed by atoms with E-state index in [2.05, 4.69) is 0 Å². The molecule has 0 aliphatic carbocycles. The maximum Gasteiger partial charge on any atom is 0.231 e. The summed E-state index contributed by atoms with van der Waals surface area (Å²) in [6, 6.07) is 9.51. The standard InChI is InChI=1S/C12H14NO2/c14-11-6-7-13(9-11)12(15)8-10-4-2-1-3-5-10/h1-5,8,11,14H,6-7,9H2/t11-/m0/s1. The fourth-order valence-electron chi connectivity index (χ4n) is 1.73. The summed E-state index contributed by atoms with van der Waals surface area (Å²) in [4.78, 5) is 13.4. The van der Waals surface area contributed by atoms with Gasteiger partial charge in [0.25, 0.3) is 0 Å². The van der Waals surface area contributed by atoms with Crippen molar-refractivity contribution in [2.75, 3.05) is 13.1 Å². The van der Waals surface area contributed by atoms with E-state index in [1.807, 2.05) is 30.3 Å². The van der Waals surface area contributed by atoms with Gasteiger partial charge < -0.3 is 10.0 Å². The summed E-state index contributed by atoms with van der Waals surface area (Å²) in [5.74, 6) is -0.0160. The molecule has 1 radical (unpaired) electrons. The minimum absolute atomic E-state index is 0.0160. The molecule has 1 amide bonds. The van der Waals surface area contributed by atoms with E-state index in [0.717, 1.165) is 5.56 Å². The van der Waals surface area contributed by atoms with Crippen LogP contribution in [-0.4, -0.2) is 35.1 Å². The third kappa shape index (κ3) is 2.57. The normalized spacial score (nSPS) is 20.6. The Hall–Kier alpha value is -1.35. The molecule has 1 aromatic rings. The fourth-order valence-corrected chi connectivity index (χ4v) is 1.73. The maximum absolute atomic E-state index is 11.7. The lowest BCUT2D eigenvalue weighted by Crippen LogP contribution is -2.29. The van der Waals surface area contributed by atoms with Crippen molar-refractivity contribution >= 4 is 5.91 Å². The summed E-state index contributed by atoms with van der Waals surface area (Å²) in [5.41, 5.74) is 0.906. The molecule has 1 saturated heterocycles. The largest absolute Gasteiger partial charge is 0.391 e. The van der Waals surface area contributed by atoms with Crippen molar-refractivity contribution in [3.63, 3.8) is 0 Å². The number of β-amino-alcohol motifs (C(OH)–C–C–N with tert-alkyl or cyclic N) is 1. The van der Waals surface area contributed by atoms with E-state index in [1.165, 1.54) is 0 Å². The van der Waals surface area contributed by atoms with Crippen LogP contribution in [0.3, 0.4) is 0 Å². The molecule has 0 spiro atoms. The molecule has 2 rings (SSSR count). The molecular formula is C12H14NO2. The molecule has 1 fully saturated rings. The Kier molecular flexibility index (Phi) is 3.02. The summed E-state index contributed by atoms with van der Waals surface area (Å²) in [6.07, 6.45) is 1.95. The number of benzene rings is 1. The topological polar surface area (TPSA) is 40.5 Å². The zero-order valence-corrected chi connectivity index (χ0v) is 8.47. The van der Waals surface area contributed by atoms with E-state index in [9.17, 15) is 9.90 Å². The van der Waals surface area contributed by atoms with Crippen molar-refractivity contribution in [1.82, 2.24) is 4.90 Å². The third-order valence-corrected chi connectivity index (χ3v) is 2.56. The lowest BCUT2D eigenvalue weighted by molar-refractivity contribution is -0.126. The highest BCUT2D eigenvalue weighted by molar-refractivity contribution is 5.88. The molecular weight excluding hydrogens is 190 g/mol. The quantitative estimate of drug-likeness (QED) is 0.775. The Morgan fingerprint density at radius 3 is 2.73 bits per heavy atom. The van der Waals surface area contributed by atoms with Crippen LogP contribution in [0.5, 0.6) is 0 Å². The van der Waals surface area contributed by atoms with Crippen LogP contribution in [0.15, 0.2) is 30.3 Å². The van der Waals surface area contributed by atoms with E-state index in [4.69, 9.17) is 0 Å². The molecule has 3 heteroatoms. The highest BCUT2D eigenvalue weighted by Gasteiger charge is 2.24. The van der Waals surface area contributed by atoms with Gasteiger partial charge in [0.2, 0.25) is 5.91 Å². The molecule has 3 nitrogen and oxygen atoms in total. The number of likely N-dealkylation sites (tertiary alicyclic amines) is 1. The lowest BCUT2D eigenvalue weighted by atomic mass is 10.1. The minimum atomic E-state index is -0.349. The van der Waals surface area contributed by atoms with Gasteiger partial charge in [-0.15, -0.1) is 0 Å². The number of aliphatic hydroxyl groups excluding tert-OH is 1. The van der Waals surface area contributed by atoms with Gasteiger partial charge >= 0.3 is 0 Å². The summed E-state index contributed by atoms with van der Waals surface area (Å²) in [6.45, 7) is 1.12. The van der Waals surface area contributed by atoms with E-state index >= 15 is 0 Å². The van der Waals surface area contributed by atoms with Crippen LogP contribution < -0.4 is 0 Å². The van der Waals surface area contributed by atoms with Crippen LogP contribution >= 0.6 is 0 Å². The average molecular weight is 204 g/mol. The number of nitrogens with zero attached hydrogens (tertiary/aromatic N) is 1. The van der Waals surface area contributed by atoms with Gasteiger partial charge in [-0.25, -0.2) is 0 Å². The molecule has 1 aliphatic heterocycles. The predicted octanol–water partition coefficient (Wildman–Crippen LogP) is 0.832. The smallest absolute Gasteiger partial charge is 0.231 e. The van der Waals surface area contributed by atoms with Crippen LogP contribution in [0.25, 0.3) is 0 Å². The predicted molar refractivity (Wildman–Crippen MR) is 57.0 cm³/mol. The highest BCUT2D eigenvalue weighted by Crippen LogP contribution is 2.12. The molecule has 1 atom stereocenters. The van der Waals surface area contributed by atoms with Crippen molar-refractivity contribution in [3.05, 3.63) is 42.3 Å². The fraction of sp³-hybridized carbons (Fsp3) is 0.333. The molecule has 0 aromatic heterocycles. The first-order valence-corrected chi connectivity index (χ1v) is 5.12. The van der Waals surface area contributed by atoms with E-state index < -0.39 is 0 Å². The van der Waals surface area contributed by atoms with Crippen LogP contribution in [0.1, 0.15) is 12.0 Å². The third-order valence-electron chi connectivity index (χ3n) is 2.56. The van der Waals surface area contributed by atoms with Gasteiger partial charge in [-0.3, -0.25) is 4.79 Å². The van der Waals surface area contributed by atoms with E-state index in [-0.39, 0.29) is 12.0 Å². The molecule has 1 aliphatic rings. The van der Waals surface area contributed by atoms with E-state index in [1.54, 1.807) is 11.3 Å². The van der Waals surface area contributed by atoms with Crippen molar-refractivity contribution in [3.8, 4) is 0 Å². The van der Waals surface area contributed by atoms with Crippen LogP contribution in [0, 0.1) is 6.42 Å². The molecule has 79 valence electrons. The van der Waals surface area contributed by atoms with Crippen LogP contribution in [-0.2, 0) is 4.79 Å². The number of aliphatic hydroxyl groups is 1. The van der Waals surface area contributed by atoms with Crippen molar-refractivity contribution in [2.24, 2.45) is 0 Å². The van der Waals surface area contributed by atoms with Gasteiger partial charge in [0, 0.05) is 13.1 Å². The Labute approximate surface area is 89.3 Å². The Bertz CT molecular complexity index is 337. The number of carbonyl (C=O) groups is 1. The second-order valence-corrected chi connectivity index (χ2v) is 3.78. The van der Waals surface area contributed by atoms with Crippen molar-refractivity contribution < 1.29 is 9.90 Å². The maximum atomic E-state index is 11.7. The van der Waals surface area contributed by atoms with Crippen LogP contribution in [0.4, 0.5) is 0 Å². The number of carbonyl (C=O) groups excluding carboxylic acids is 1. The molecule has 0 bridgehead atoms. The minimum Gasteiger partial charge on any atom is -0.391 e. The van der Waals surface area contributed by atoms with E-state index in [0.29, 0.717) is 19.5 Å². The summed E-state index contributed by atoms with van der Waals surface area (Å²) >= 11 is 0. The first kappa shape index (κ1) is 10.2. The Morgan fingerprint density at radius 2 is 2.13 bits per heavy atom. The lowest BCUT2D eigenvalue weighted by Gasteiger charge is -2.14. The second-order valence-electron chi connectivity index (χ2n) is 3.78. The second kappa shape index (κ2) is 4.45. The number of rotatable bonds is 2. The summed E-state index contributed by atoms with van der Waals surface area (Å²) in [5, 5.41) is 9.31. The number of hydrogen-bond acceptors (Lipinski definition) is 2. The molecule has 0 unspecified atom stereocenters. The Balaban J connectivity index is 1.93. The van der Waals surface area contributed by atoms with Gasteiger partial charge in [0.15, 0.2) is 0 Å². The van der Waals surface area contributed by atoms with Gasteiger partial charge in [-0.2, -0.15) is 0 Å². The molecule has 1 heterocycles. The molecule has 1 N–H and O–H groups in total. The van der Waals surface area contributed by atoms with Crippen molar-refractivity contribution in [2.45, 2.75) is 12.5 Å². The molecule has 1 aromatic carbocycles.